The van der Waals surface area contributed by atoms with Gasteiger partial charge >= 0.3 is 0 Å². The number of carbonyl (C=O) groups excluding carboxylic acids is 1. The molecule has 1 aromatic rings. The van der Waals surface area contributed by atoms with Gasteiger partial charge in [0, 0.05) is 12.0 Å². The number of likely N-dealkylation sites (N-methyl/N-ethyl adjacent to an activating group) is 1. The van der Waals surface area contributed by atoms with E-state index in [9.17, 15) is 4.79 Å². The molecule has 1 aromatic carbocycles. The Hall–Kier alpha value is -1.35. The quantitative estimate of drug-likeness (QED) is 0.799. The van der Waals surface area contributed by atoms with Crippen LogP contribution >= 0.6 is 0 Å². The third kappa shape index (κ3) is 2.48. The van der Waals surface area contributed by atoms with Crippen LogP contribution in [0.1, 0.15) is 48.5 Å². The maximum atomic E-state index is 13.2. The molecule has 1 saturated carbocycles. The van der Waals surface area contributed by atoms with Crippen LogP contribution in [0.25, 0.3) is 0 Å². The summed E-state index contributed by atoms with van der Waals surface area (Å²) in [5.74, 6) is 1.97. The van der Waals surface area contributed by atoms with Crippen molar-refractivity contribution in [2.24, 2.45) is 5.92 Å². The lowest BCUT2D eigenvalue weighted by molar-refractivity contribution is 0.0513. The minimum atomic E-state index is -0.319. The maximum Gasteiger partial charge on any atom is 0.183 e. The van der Waals surface area contributed by atoms with Crippen molar-refractivity contribution in [3.63, 3.8) is 0 Å². The Kier molecular flexibility index (Phi) is 3.78. The third-order valence-corrected chi connectivity index (χ3v) is 5.33. The number of ketones is 1. The first-order chi connectivity index (χ1) is 10.0. The second-order valence-electron chi connectivity index (χ2n) is 6.86. The molecule has 0 bridgehead atoms. The van der Waals surface area contributed by atoms with E-state index in [1.165, 1.54) is 5.56 Å². The Balaban J connectivity index is 1.91. The molecule has 0 atom stereocenters. The summed E-state index contributed by atoms with van der Waals surface area (Å²) in [5.41, 5.74) is 1.71. The molecule has 2 aliphatic rings. The van der Waals surface area contributed by atoms with Gasteiger partial charge in [-0.05, 0) is 69.5 Å². The van der Waals surface area contributed by atoms with Crippen molar-refractivity contribution >= 4 is 5.78 Å². The molecule has 21 heavy (non-hydrogen) atoms. The highest BCUT2D eigenvalue weighted by molar-refractivity contribution is 6.03. The maximum absolute atomic E-state index is 13.2. The second kappa shape index (κ2) is 5.45. The Labute approximate surface area is 127 Å². The highest BCUT2D eigenvalue weighted by Gasteiger charge is 2.43. The monoisotopic (exact) mass is 287 g/mol. The molecule has 0 N–H and O–H groups in total. The van der Waals surface area contributed by atoms with Crippen LogP contribution in [0.4, 0.5) is 0 Å². The number of Topliss-reactive ketones (excluding diaryl/α,β-unsaturated/α-hetero) is 1. The molecule has 3 heteroatoms. The molecule has 1 aliphatic heterocycles. The van der Waals surface area contributed by atoms with Crippen molar-refractivity contribution in [1.82, 2.24) is 4.90 Å². The van der Waals surface area contributed by atoms with Crippen LogP contribution in [-0.4, -0.2) is 36.9 Å². The van der Waals surface area contributed by atoms with Gasteiger partial charge in [-0.25, -0.2) is 0 Å². The van der Waals surface area contributed by atoms with E-state index in [1.54, 1.807) is 0 Å². The van der Waals surface area contributed by atoms with Crippen molar-refractivity contribution in [2.75, 3.05) is 20.7 Å². The van der Waals surface area contributed by atoms with E-state index < -0.39 is 0 Å². The minimum Gasteiger partial charge on any atom is -0.493 e. The summed E-state index contributed by atoms with van der Waals surface area (Å²) in [7, 11) is 4.09. The van der Waals surface area contributed by atoms with E-state index in [1.807, 2.05) is 32.3 Å². The Bertz CT molecular complexity index is 542. The fourth-order valence-electron chi connectivity index (χ4n) is 3.71. The minimum absolute atomic E-state index is 0.286. The SMILES string of the molecule is CC1CCC(C(=O)c2ccc3c(c2)CCO3)(N(C)C)CC1. The van der Waals surface area contributed by atoms with Gasteiger partial charge in [0.1, 0.15) is 5.75 Å². The van der Waals surface area contributed by atoms with E-state index >= 15 is 0 Å². The number of hydrogen-bond donors (Lipinski definition) is 0. The van der Waals surface area contributed by atoms with Crippen LogP contribution < -0.4 is 4.74 Å². The molecule has 114 valence electrons. The van der Waals surface area contributed by atoms with Crippen molar-refractivity contribution < 1.29 is 9.53 Å². The molecule has 1 heterocycles. The summed E-state index contributed by atoms with van der Waals surface area (Å²) in [4.78, 5) is 15.3. The van der Waals surface area contributed by atoms with E-state index in [4.69, 9.17) is 4.74 Å². The molecule has 0 aromatic heterocycles. The molecule has 0 amide bonds. The van der Waals surface area contributed by atoms with E-state index in [0.717, 1.165) is 55.9 Å². The largest absolute Gasteiger partial charge is 0.493 e. The summed E-state index contributed by atoms with van der Waals surface area (Å²) in [6, 6.07) is 5.95. The zero-order valence-corrected chi connectivity index (χ0v) is 13.3. The van der Waals surface area contributed by atoms with Crippen molar-refractivity contribution in [1.29, 1.82) is 0 Å². The zero-order chi connectivity index (χ0) is 15.0. The van der Waals surface area contributed by atoms with Gasteiger partial charge in [0.05, 0.1) is 12.1 Å². The lowest BCUT2D eigenvalue weighted by Crippen LogP contribution is -2.53. The molecular formula is C18H25NO2. The molecule has 0 saturated heterocycles. The molecule has 0 radical (unpaired) electrons. The lowest BCUT2D eigenvalue weighted by atomic mass is 9.72. The third-order valence-electron chi connectivity index (χ3n) is 5.33. The first-order valence-corrected chi connectivity index (χ1v) is 8.01. The number of ether oxygens (including phenoxy) is 1. The van der Waals surface area contributed by atoms with Crippen LogP contribution in [-0.2, 0) is 6.42 Å². The Morgan fingerprint density at radius 3 is 2.67 bits per heavy atom. The summed E-state index contributed by atoms with van der Waals surface area (Å²) in [6.07, 6.45) is 5.12. The Morgan fingerprint density at radius 2 is 2.00 bits per heavy atom. The predicted octanol–water partition coefficient (Wildman–Crippen LogP) is 3.31. The first kappa shape index (κ1) is 14.6. The number of hydrogen-bond acceptors (Lipinski definition) is 3. The molecular weight excluding hydrogens is 262 g/mol. The number of benzene rings is 1. The summed E-state index contributed by atoms with van der Waals surface area (Å²) < 4.78 is 5.54. The van der Waals surface area contributed by atoms with Gasteiger partial charge in [-0.2, -0.15) is 0 Å². The smallest absolute Gasteiger partial charge is 0.183 e. The van der Waals surface area contributed by atoms with Crippen molar-refractivity contribution in [2.45, 2.75) is 44.6 Å². The molecule has 1 aliphatic carbocycles. The number of carbonyl (C=O) groups is 1. The molecule has 0 spiro atoms. The van der Waals surface area contributed by atoms with Gasteiger partial charge in [0.15, 0.2) is 5.78 Å². The van der Waals surface area contributed by atoms with Crippen LogP contribution in [0, 0.1) is 5.92 Å². The van der Waals surface area contributed by atoms with Crippen LogP contribution in [0.5, 0.6) is 5.75 Å². The predicted molar refractivity (Wildman–Crippen MR) is 84.0 cm³/mol. The highest BCUT2D eigenvalue weighted by atomic mass is 16.5. The normalized spacial score (nSPS) is 28.3. The van der Waals surface area contributed by atoms with E-state index in [2.05, 4.69) is 11.8 Å². The standard InChI is InChI=1S/C18H25NO2/c1-13-6-9-18(10-7-13,19(2)3)17(20)15-4-5-16-14(12-15)8-11-21-16/h4-5,12-13H,6-11H2,1-3H3. The number of rotatable bonds is 3. The summed E-state index contributed by atoms with van der Waals surface area (Å²) >= 11 is 0. The van der Waals surface area contributed by atoms with Gasteiger partial charge in [-0.1, -0.05) is 6.92 Å². The topological polar surface area (TPSA) is 29.5 Å². The van der Waals surface area contributed by atoms with Gasteiger partial charge in [0.25, 0.3) is 0 Å². The Morgan fingerprint density at radius 1 is 1.29 bits per heavy atom. The van der Waals surface area contributed by atoms with Crippen LogP contribution in [0.2, 0.25) is 0 Å². The molecule has 3 rings (SSSR count). The van der Waals surface area contributed by atoms with Crippen molar-refractivity contribution in [3.05, 3.63) is 29.3 Å². The van der Waals surface area contributed by atoms with Crippen molar-refractivity contribution in [3.8, 4) is 5.75 Å². The summed E-state index contributed by atoms with van der Waals surface area (Å²) in [6.45, 7) is 3.03. The molecule has 1 fully saturated rings. The average Bonchev–Trinajstić information content (AvgIpc) is 2.94. The average molecular weight is 287 g/mol. The van der Waals surface area contributed by atoms with E-state index in [0.29, 0.717) is 0 Å². The van der Waals surface area contributed by atoms with Gasteiger partial charge in [0.2, 0.25) is 0 Å². The number of nitrogens with zero attached hydrogens (tertiary/aromatic N) is 1. The molecule has 0 unspecified atom stereocenters. The van der Waals surface area contributed by atoms with E-state index in [-0.39, 0.29) is 11.3 Å². The van der Waals surface area contributed by atoms with Gasteiger partial charge in [-0.3, -0.25) is 9.69 Å². The van der Waals surface area contributed by atoms with Crippen LogP contribution in [0.3, 0.4) is 0 Å². The van der Waals surface area contributed by atoms with Gasteiger partial charge < -0.3 is 4.74 Å². The van der Waals surface area contributed by atoms with Crippen LogP contribution in [0.15, 0.2) is 18.2 Å². The number of fused-ring (bicyclic) bond motifs is 1. The highest BCUT2D eigenvalue weighted by Crippen LogP contribution is 2.38. The molecule has 3 nitrogen and oxygen atoms in total. The lowest BCUT2D eigenvalue weighted by Gasteiger charge is -2.43. The fourth-order valence-corrected chi connectivity index (χ4v) is 3.71. The first-order valence-electron chi connectivity index (χ1n) is 8.01. The second-order valence-corrected chi connectivity index (χ2v) is 6.86. The zero-order valence-electron chi connectivity index (χ0n) is 13.3. The van der Waals surface area contributed by atoms with Gasteiger partial charge in [-0.15, -0.1) is 0 Å². The fraction of sp³-hybridized carbons (Fsp3) is 0.611. The summed E-state index contributed by atoms with van der Waals surface area (Å²) in [5, 5.41) is 0.